The van der Waals surface area contributed by atoms with Gasteiger partial charge in [-0.2, -0.15) is 0 Å². The first-order valence-electron chi connectivity index (χ1n) is 11.1. The largest absolute Gasteiger partial charge is 0.507 e. The van der Waals surface area contributed by atoms with Gasteiger partial charge in [0.2, 0.25) is 0 Å². The molecule has 162 valence electrons. The van der Waals surface area contributed by atoms with E-state index in [-0.39, 0.29) is 5.75 Å². The van der Waals surface area contributed by atoms with Crippen molar-refractivity contribution in [2.75, 3.05) is 6.54 Å². The normalized spacial score (nSPS) is 15.4. The first kappa shape index (κ1) is 25.3. The second kappa shape index (κ2) is 13.5. The molecule has 2 aliphatic rings. The van der Waals surface area contributed by atoms with Crippen LogP contribution in [-0.2, 0) is 0 Å². The van der Waals surface area contributed by atoms with Crippen molar-refractivity contribution in [3.8, 4) is 5.75 Å². The van der Waals surface area contributed by atoms with Crippen LogP contribution in [0.3, 0.4) is 0 Å². The van der Waals surface area contributed by atoms with Crippen molar-refractivity contribution >= 4 is 17.3 Å². The Bertz CT molecular complexity index is 732. The van der Waals surface area contributed by atoms with Crippen LogP contribution in [0, 0.1) is 5.92 Å². The lowest BCUT2D eigenvalue weighted by atomic mass is 9.98. The molecule has 0 radical (unpaired) electrons. The number of benzene rings is 1. The van der Waals surface area contributed by atoms with E-state index in [0.717, 1.165) is 42.2 Å². The minimum absolute atomic E-state index is 0.172. The maximum absolute atomic E-state index is 10.1. The van der Waals surface area contributed by atoms with Crippen molar-refractivity contribution in [1.82, 2.24) is 0 Å². The van der Waals surface area contributed by atoms with Crippen LogP contribution in [0.15, 0.2) is 46.1 Å². The van der Waals surface area contributed by atoms with Crippen molar-refractivity contribution in [2.45, 2.75) is 79.6 Å². The summed E-state index contributed by atoms with van der Waals surface area (Å²) in [7, 11) is 0. The molecule has 0 aromatic heterocycles. The highest BCUT2D eigenvalue weighted by Crippen LogP contribution is 2.35. The van der Waals surface area contributed by atoms with Crippen molar-refractivity contribution in [1.29, 1.82) is 0 Å². The number of aromatic hydroxyl groups is 1. The average Bonchev–Trinajstić information content (AvgIpc) is 3.09. The Balaban J connectivity index is 0.000000355. The van der Waals surface area contributed by atoms with E-state index in [9.17, 15) is 5.11 Å². The maximum Gasteiger partial charge on any atom is 0.126 e. The Morgan fingerprint density at radius 1 is 1.14 bits per heavy atom. The van der Waals surface area contributed by atoms with Crippen molar-refractivity contribution in [3.05, 3.63) is 51.7 Å². The fourth-order valence-corrected chi connectivity index (χ4v) is 3.51. The lowest BCUT2D eigenvalue weighted by Gasteiger charge is -2.11. The van der Waals surface area contributed by atoms with Crippen molar-refractivity contribution in [3.63, 3.8) is 0 Å². The summed E-state index contributed by atoms with van der Waals surface area (Å²) in [5, 5.41) is 10.6. The molecule has 3 nitrogen and oxygen atoms in total. The maximum atomic E-state index is 10.1. The first-order valence-corrected chi connectivity index (χ1v) is 11.4. The number of nitrogens with zero attached hydrogens (tertiary/aromatic N) is 1. The molecule has 3 N–H and O–H groups in total. The number of hydrogen-bond donors (Lipinski definition) is 2. The molecule has 0 amide bonds. The monoisotopic (exact) mass is 418 g/mol. The van der Waals surface area contributed by atoms with Gasteiger partial charge in [0.25, 0.3) is 0 Å². The van der Waals surface area contributed by atoms with Crippen molar-refractivity contribution in [2.24, 2.45) is 16.6 Å². The summed E-state index contributed by atoms with van der Waals surface area (Å²) in [6.45, 7) is 11.6. The van der Waals surface area contributed by atoms with E-state index in [0.29, 0.717) is 11.6 Å². The van der Waals surface area contributed by atoms with E-state index in [4.69, 9.17) is 17.3 Å². The Kier molecular flexibility index (Phi) is 11.8. The molecule has 29 heavy (non-hydrogen) atoms. The zero-order valence-corrected chi connectivity index (χ0v) is 19.6. The van der Waals surface area contributed by atoms with Gasteiger partial charge in [-0.05, 0) is 60.6 Å². The van der Waals surface area contributed by atoms with E-state index in [1.54, 1.807) is 12.1 Å². The molecule has 1 heterocycles. The molecule has 0 unspecified atom stereocenters. The summed E-state index contributed by atoms with van der Waals surface area (Å²) in [4.78, 5) is 4.58. The number of unbranched alkanes of at least 4 members (excludes halogenated alkanes) is 1. The summed E-state index contributed by atoms with van der Waals surface area (Å²) < 4.78 is 0. The third-order valence-corrected chi connectivity index (χ3v) is 5.00. The first-order chi connectivity index (χ1) is 13.8. The average molecular weight is 419 g/mol. The van der Waals surface area contributed by atoms with E-state index in [1.807, 2.05) is 12.1 Å². The van der Waals surface area contributed by atoms with E-state index >= 15 is 0 Å². The van der Waals surface area contributed by atoms with Crippen LogP contribution in [0.2, 0.25) is 5.02 Å². The van der Waals surface area contributed by atoms with Crippen LogP contribution in [0.1, 0.15) is 85.1 Å². The van der Waals surface area contributed by atoms with Crippen molar-refractivity contribution < 1.29 is 5.11 Å². The topological polar surface area (TPSA) is 58.6 Å². The fourth-order valence-electron chi connectivity index (χ4n) is 3.34. The Morgan fingerprint density at radius 2 is 1.79 bits per heavy atom. The molecule has 4 heteroatoms. The van der Waals surface area contributed by atoms with Gasteiger partial charge in [-0.3, -0.25) is 4.99 Å². The quantitative estimate of drug-likeness (QED) is 0.534. The third kappa shape index (κ3) is 8.26. The molecule has 0 bridgehead atoms. The number of phenolic OH excluding ortho intramolecular Hbond substituents is 1. The number of aliphatic imine (C=N–C) groups is 1. The van der Waals surface area contributed by atoms with Crippen LogP contribution in [0.25, 0.3) is 0 Å². The summed E-state index contributed by atoms with van der Waals surface area (Å²) in [6, 6.07) is 5.15. The summed E-state index contributed by atoms with van der Waals surface area (Å²) in [5.41, 5.74) is 10.9. The summed E-state index contributed by atoms with van der Waals surface area (Å²) in [6.07, 6.45) is 10.4. The van der Waals surface area contributed by atoms with E-state index in [2.05, 4.69) is 39.6 Å². The van der Waals surface area contributed by atoms with Gasteiger partial charge in [-0.25, -0.2) is 0 Å². The number of halogens is 1. The van der Waals surface area contributed by atoms with Gasteiger partial charge in [0.15, 0.2) is 0 Å². The number of hydrogen-bond acceptors (Lipinski definition) is 3. The molecule has 1 aromatic carbocycles. The lowest BCUT2D eigenvalue weighted by Crippen LogP contribution is -2.07. The lowest BCUT2D eigenvalue weighted by molar-refractivity contribution is 0.474. The number of rotatable bonds is 4. The Hall–Kier alpha value is -1.74. The van der Waals surface area contributed by atoms with Gasteiger partial charge in [-0.1, -0.05) is 71.9 Å². The molecular formula is C25H39ClN2O. The molecular weight excluding hydrogens is 380 g/mol. The van der Waals surface area contributed by atoms with Crippen LogP contribution in [0.5, 0.6) is 5.75 Å². The molecule has 0 saturated carbocycles. The second-order valence-electron chi connectivity index (χ2n) is 8.06. The smallest absolute Gasteiger partial charge is 0.126 e. The molecule has 3 rings (SSSR count). The van der Waals surface area contributed by atoms with Gasteiger partial charge in [0.1, 0.15) is 5.75 Å². The zero-order valence-electron chi connectivity index (χ0n) is 18.9. The van der Waals surface area contributed by atoms with Gasteiger partial charge in [0, 0.05) is 16.3 Å². The van der Waals surface area contributed by atoms with E-state index < -0.39 is 0 Å². The van der Waals surface area contributed by atoms with Gasteiger partial charge >= 0.3 is 0 Å². The van der Waals surface area contributed by atoms with Crippen LogP contribution < -0.4 is 5.73 Å². The number of phenols is 1. The van der Waals surface area contributed by atoms with Crippen LogP contribution in [-0.4, -0.2) is 17.4 Å². The molecule has 0 spiro atoms. The zero-order chi connectivity index (χ0) is 21.8. The van der Waals surface area contributed by atoms with Gasteiger partial charge in [-0.15, -0.1) is 0 Å². The molecule has 0 fully saturated rings. The van der Waals surface area contributed by atoms with Crippen LogP contribution >= 0.6 is 11.6 Å². The Labute approximate surface area is 182 Å². The molecule has 0 atom stereocenters. The number of allylic oxidation sites excluding steroid dienone is 2. The SMILES string of the molecule is CCC.CCCCC(C)C.NC1=CCN=C(c2ccc(Cl)cc2O)C2=C1CCC2. The predicted octanol–water partition coefficient (Wildman–Crippen LogP) is 7.42. The predicted molar refractivity (Wildman–Crippen MR) is 128 cm³/mol. The number of nitrogens with two attached hydrogens (primary N) is 1. The highest BCUT2D eigenvalue weighted by Gasteiger charge is 2.24. The standard InChI is InChI=1S/C15H15ClN2O.C7H16.C3H8/c16-9-4-5-12(14(19)8-9)15-11-3-1-2-10(11)13(17)6-7-18-15;1-4-5-6-7(2)3;1-3-2/h4-6,8,19H,1-3,7,17H2;7H,4-6H2,1-3H3;3H2,1-2H3. The third-order valence-electron chi connectivity index (χ3n) is 4.76. The fraction of sp³-hybridized carbons (Fsp3) is 0.560. The summed E-state index contributed by atoms with van der Waals surface area (Å²) >= 11 is 5.88. The van der Waals surface area contributed by atoms with Gasteiger partial charge in [0.05, 0.1) is 12.3 Å². The molecule has 1 aromatic rings. The highest BCUT2D eigenvalue weighted by atomic mass is 35.5. The highest BCUT2D eigenvalue weighted by molar-refractivity contribution is 6.31. The summed E-state index contributed by atoms with van der Waals surface area (Å²) in [5.74, 6) is 1.07. The molecule has 1 aliphatic heterocycles. The Morgan fingerprint density at radius 3 is 2.34 bits per heavy atom. The minimum Gasteiger partial charge on any atom is -0.507 e. The molecule has 1 aliphatic carbocycles. The van der Waals surface area contributed by atoms with Crippen LogP contribution in [0.4, 0.5) is 0 Å². The minimum atomic E-state index is 0.172. The van der Waals surface area contributed by atoms with E-state index in [1.165, 1.54) is 36.8 Å². The molecule has 0 saturated heterocycles. The second-order valence-corrected chi connectivity index (χ2v) is 8.50. The van der Waals surface area contributed by atoms with Gasteiger partial charge < -0.3 is 10.8 Å².